The standard InChI is InChI=1S/C23H29N7O3/c1-30(2)10-9-26-23(31)28-17-12-16(13-18(14-17)32-3)27-22-25-8-7-20(29-22)15-5-6-21(33-4)19(24)11-15/h5-8,11-14H,9-10,24H2,1-4H3,(H,25,27,29)(H2,26,28,31). The first-order chi connectivity index (χ1) is 15.9. The number of benzene rings is 2. The van der Waals surface area contributed by atoms with Crippen molar-refractivity contribution in [1.82, 2.24) is 20.2 Å². The molecule has 0 unspecified atom stereocenters. The molecule has 10 nitrogen and oxygen atoms in total. The van der Waals surface area contributed by atoms with Gasteiger partial charge in [0.25, 0.3) is 0 Å². The van der Waals surface area contributed by atoms with Crippen molar-refractivity contribution >= 4 is 29.0 Å². The number of carbonyl (C=O) groups excluding carboxylic acids is 1. The minimum Gasteiger partial charge on any atom is -0.497 e. The van der Waals surface area contributed by atoms with Crippen LogP contribution in [0, 0.1) is 0 Å². The van der Waals surface area contributed by atoms with Gasteiger partial charge in [0, 0.05) is 48.4 Å². The molecule has 0 radical (unpaired) electrons. The topological polar surface area (TPSA) is 127 Å². The minimum absolute atomic E-state index is 0.300. The summed E-state index contributed by atoms with van der Waals surface area (Å²) in [6.45, 7) is 1.27. The van der Waals surface area contributed by atoms with Crippen LogP contribution in [0.2, 0.25) is 0 Å². The Morgan fingerprint density at radius 2 is 1.85 bits per heavy atom. The Morgan fingerprint density at radius 1 is 1.06 bits per heavy atom. The van der Waals surface area contributed by atoms with Crippen molar-refractivity contribution in [2.75, 3.05) is 57.8 Å². The zero-order valence-corrected chi connectivity index (χ0v) is 19.2. The molecule has 2 amide bonds. The number of likely N-dealkylation sites (N-methyl/N-ethyl adjacent to an activating group) is 1. The number of rotatable bonds is 9. The second kappa shape index (κ2) is 11.0. The average molecular weight is 452 g/mol. The summed E-state index contributed by atoms with van der Waals surface area (Å²) in [7, 11) is 7.02. The third kappa shape index (κ3) is 6.71. The quantitative estimate of drug-likeness (QED) is 0.366. The number of methoxy groups -OCH3 is 2. The van der Waals surface area contributed by atoms with Gasteiger partial charge in [0.1, 0.15) is 11.5 Å². The van der Waals surface area contributed by atoms with Crippen LogP contribution < -0.4 is 31.2 Å². The molecule has 5 N–H and O–H groups in total. The molecular formula is C23H29N7O3. The summed E-state index contributed by atoms with van der Waals surface area (Å²) in [5.74, 6) is 1.56. The lowest BCUT2D eigenvalue weighted by Gasteiger charge is -2.14. The molecule has 0 saturated carbocycles. The highest BCUT2D eigenvalue weighted by Gasteiger charge is 2.09. The van der Waals surface area contributed by atoms with Gasteiger partial charge < -0.3 is 36.1 Å². The molecular weight excluding hydrogens is 422 g/mol. The highest BCUT2D eigenvalue weighted by Crippen LogP contribution is 2.29. The lowest BCUT2D eigenvalue weighted by molar-refractivity contribution is 0.250. The van der Waals surface area contributed by atoms with Gasteiger partial charge >= 0.3 is 6.03 Å². The third-order valence-corrected chi connectivity index (χ3v) is 4.68. The first-order valence-electron chi connectivity index (χ1n) is 10.3. The van der Waals surface area contributed by atoms with Gasteiger partial charge in [-0.25, -0.2) is 14.8 Å². The van der Waals surface area contributed by atoms with Crippen molar-refractivity contribution in [3.63, 3.8) is 0 Å². The number of anilines is 4. The zero-order valence-electron chi connectivity index (χ0n) is 19.2. The second-order valence-corrected chi connectivity index (χ2v) is 7.48. The number of carbonyl (C=O) groups is 1. The monoisotopic (exact) mass is 451 g/mol. The van der Waals surface area contributed by atoms with Crippen molar-refractivity contribution in [3.05, 3.63) is 48.7 Å². The largest absolute Gasteiger partial charge is 0.497 e. The number of nitrogens with two attached hydrogens (primary N) is 1. The molecule has 2 aromatic carbocycles. The molecule has 174 valence electrons. The van der Waals surface area contributed by atoms with Crippen LogP contribution in [0.15, 0.2) is 48.7 Å². The van der Waals surface area contributed by atoms with Crippen LogP contribution in [0.5, 0.6) is 11.5 Å². The van der Waals surface area contributed by atoms with Crippen LogP contribution in [0.3, 0.4) is 0 Å². The number of nitrogens with one attached hydrogen (secondary N) is 3. The van der Waals surface area contributed by atoms with E-state index in [9.17, 15) is 4.79 Å². The third-order valence-electron chi connectivity index (χ3n) is 4.68. The maximum absolute atomic E-state index is 12.2. The minimum atomic E-state index is -0.300. The molecule has 0 fully saturated rings. The normalized spacial score (nSPS) is 10.6. The van der Waals surface area contributed by atoms with Crippen molar-refractivity contribution in [1.29, 1.82) is 0 Å². The Balaban J connectivity index is 1.76. The molecule has 0 aliphatic rings. The second-order valence-electron chi connectivity index (χ2n) is 7.48. The van der Waals surface area contributed by atoms with Crippen molar-refractivity contribution < 1.29 is 14.3 Å². The summed E-state index contributed by atoms with van der Waals surface area (Å²) >= 11 is 0. The number of hydrogen-bond acceptors (Lipinski definition) is 8. The number of ether oxygens (including phenoxy) is 2. The van der Waals surface area contributed by atoms with E-state index >= 15 is 0 Å². The van der Waals surface area contributed by atoms with Crippen LogP contribution in [-0.4, -0.2) is 62.3 Å². The zero-order chi connectivity index (χ0) is 23.8. The predicted molar refractivity (Wildman–Crippen MR) is 130 cm³/mol. The fourth-order valence-corrected chi connectivity index (χ4v) is 3.03. The van der Waals surface area contributed by atoms with E-state index in [2.05, 4.69) is 25.9 Å². The molecule has 10 heteroatoms. The number of amides is 2. The van der Waals surface area contributed by atoms with Crippen LogP contribution in [-0.2, 0) is 0 Å². The first kappa shape index (κ1) is 23.6. The van der Waals surface area contributed by atoms with Gasteiger partial charge in [-0.2, -0.15) is 0 Å². The summed E-state index contributed by atoms with van der Waals surface area (Å²) in [4.78, 5) is 23.1. The SMILES string of the molecule is COc1cc(NC(=O)NCCN(C)C)cc(Nc2nccc(-c3ccc(OC)c(N)c3)n2)c1. The molecule has 1 aromatic heterocycles. The number of nitrogen functional groups attached to an aromatic ring is 1. The van der Waals surface area contributed by atoms with Gasteiger partial charge in [-0.05, 0) is 44.4 Å². The van der Waals surface area contributed by atoms with Crippen molar-refractivity contribution in [2.45, 2.75) is 0 Å². The van der Waals surface area contributed by atoms with Gasteiger partial charge in [-0.1, -0.05) is 0 Å². The van der Waals surface area contributed by atoms with Crippen LogP contribution >= 0.6 is 0 Å². The average Bonchev–Trinajstić information content (AvgIpc) is 2.78. The lowest BCUT2D eigenvalue weighted by Crippen LogP contribution is -2.34. The van der Waals surface area contributed by atoms with Crippen LogP contribution in [0.4, 0.5) is 27.8 Å². The molecule has 33 heavy (non-hydrogen) atoms. The highest BCUT2D eigenvalue weighted by atomic mass is 16.5. The Hall–Kier alpha value is -4.05. The maximum Gasteiger partial charge on any atom is 0.319 e. The summed E-state index contributed by atoms with van der Waals surface area (Å²) in [5.41, 5.74) is 9.30. The van der Waals surface area contributed by atoms with Gasteiger partial charge in [0.05, 0.1) is 25.6 Å². The molecule has 1 heterocycles. The van der Waals surface area contributed by atoms with Gasteiger partial charge in [-0.15, -0.1) is 0 Å². The Labute approximate surface area is 193 Å². The Bertz CT molecular complexity index is 1110. The molecule has 0 saturated heterocycles. The summed E-state index contributed by atoms with van der Waals surface area (Å²) < 4.78 is 10.6. The molecule has 0 bridgehead atoms. The van der Waals surface area contributed by atoms with E-state index in [1.165, 1.54) is 0 Å². The fraction of sp³-hybridized carbons (Fsp3) is 0.261. The molecule has 3 aromatic rings. The molecule has 0 atom stereocenters. The summed E-state index contributed by atoms with van der Waals surface area (Å²) in [6, 6.07) is 12.3. The van der Waals surface area contributed by atoms with Crippen LogP contribution in [0.1, 0.15) is 0 Å². The summed E-state index contributed by atoms with van der Waals surface area (Å²) in [6.07, 6.45) is 1.66. The van der Waals surface area contributed by atoms with E-state index in [0.29, 0.717) is 46.7 Å². The number of nitrogens with zero attached hydrogens (tertiary/aromatic N) is 3. The molecule has 3 rings (SSSR count). The Morgan fingerprint density at radius 3 is 2.55 bits per heavy atom. The van der Waals surface area contributed by atoms with Crippen LogP contribution in [0.25, 0.3) is 11.3 Å². The highest BCUT2D eigenvalue weighted by molar-refractivity contribution is 5.90. The summed E-state index contributed by atoms with van der Waals surface area (Å²) in [5, 5.41) is 8.79. The maximum atomic E-state index is 12.2. The predicted octanol–water partition coefficient (Wildman–Crippen LogP) is 3.17. The fourth-order valence-electron chi connectivity index (χ4n) is 3.03. The Kier molecular flexibility index (Phi) is 7.87. The lowest BCUT2D eigenvalue weighted by atomic mass is 10.1. The van der Waals surface area contributed by atoms with E-state index in [-0.39, 0.29) is 6.03 Å². The molecule has 0 spiro atoms. The van der Waals surface area contributed by atoms with E-state index in [4.69, 9.17) is 15.2 Å². The van der Waals surface area contributed by atoms with E-state index in [0.717, 1.165) is 12.1 Å². The van der Waals surface area contributed by atoms with Crippen molar-refractivity contribution in [3.8, 4) is 22.8 Å². The van der Waals surface area contributed by atoms with Crippen molar-refractivity contribution in [2.24, 2.45) is 0 Å². The van der Waals surface area contributed by atoms with Gasteiger partial charge in [0.15, 0.2) is 0 Å². The van der Waals surface area contributed by atoms with E-state index < -0.39 is 0 Å². The molecule has 0 aliphatic carbocycles. The number of urea groups is 1. The van der Waals surface area contributed by atoms with E-state index in [1.54, 1.807) is 56.8 Å². The smallest absolute Gasteiger partial charge is 0.319 e. The van der Waals surface area contributed by atoms with E-state index in [1.807, 2.05) is 25.1 Å². The number of hydrogen-bond donors (Lipinski definition) is 4. The number of aromatic nitrogens is 2. The first-order valence-corrected chi connectivity index (χ1v) is 10.3. The van der Waals surface area contributed by atoms with Gasteiger partial charge in [0.2, 0.25) is 5.95 Å². The molecule has 0 aliphatic heterocycles. The van der Waals surface area contributed by atoms with Gasteiger partial charge in [-0.3, -0.25) is 0 Å².